The average molecular weight is 346 g/mol. The molecule has 0 saturated carbocycles. The molecule has 2 aromatic rings. The van der Waals surface area contributed by atoms with Gasteiger partial charge in [-0.15, -0.1) is 0 Å². The Hall–Kier alpha value is -1.62. The van der Waals surface area contributed by atoms with E-state index in [0.29, 0.717) is 5.15 Å². The highest BCUT2D eigenvalue weighted by atomic mass is 35.5. The minimum Gasteiger partial charge on any atom is -0.393 e. The van der Waals surface area contributed by atoms with Gasteiger partial charge in [0.05, 0.1) is 6.10 Å². The minimum atomic E-state index is -0.133. The number of aliphatic hydroxyl groups excluding tert-OH is 1. The van der Waals surface area contributed by atoms with Crippen LogP contribution in [-0.2, 0) is 6.54 Å². The third-order valence-electron chi connectivity index (χ3n) is 4.59. The summed E-state index contributed by atoms with van der Waals surface area (Å²) in [5.74, 6) is 0. The number of aliphatic hydroxyl groups is 1. The van der Waals surface area contributed by atoms with Crippen molar-refractivity contribution < 1.29 is 5.11 Å². The summed E-state index contributed by atoms with van der Waals surface area (Å²) in [4.78, 5) is 6.44. The number of hydrogen-bond donors (Lipinski definition) is 2. The number of aromatic nitrogens is 1. The van der Waals surface area contributed by atoms with Gasteiger partial charge in [-0.1, -0.05) is 29.8 Å². The Morgan fingerprint density at radius 3 is 2.79 bits per heavy atom. The van der Waals surface area contributed by atoms with Crippen LogP contribution in [0.4, 0.5) is 5.69 Å². The summed E-state index contributed by atoms with van der Waals surface area (Å²) in [5.41, 5.74) is 3.54. The molecule has 1 fully saturated rings. The normalized spacial score (nSPS) is 17.6. The molecule has 24 heavy (non-hydrogen) atoms. The third-order valence-corrected chi connectivity index (χ3v) is 4.80. The van der Waals surface area contributed by atoms with E-state index in [2.05, 4.69) is 46.4 Å². The van der Waals surface area contributed by atoms with Gasteiger partial charge in [0, 0.05) is 37.6 Å². The molecule has 1 unspecified atom stereocenters. The molecule has 2 N–H and O–H groups in total. The SMILES string of the molecule is CC(Nc1ccccc1CN1CCC(O)CC1)c1ccnc(Cl)c1. The summed E-state index contributed by atoms with van der Waals surface area (Å²) in [7, 11) is 0. The molecule has 0 bridgehead atoms. The fourth-order valence-corrected chi connectivity index (χ4v) is 3.30. The Kier molecular flexibility index (Phi) is 5.72. The fraction of sp³-hybridized carbons (Fsp3) is 0.421. The van der Waals surface area contributed by atoms with Gasteiger partial charge in [-0.2, -0.15) is 0 Å². The zero-order valence-electron chi connectivity index (χ0n) is 14.0. The molecule has 1 aliphatic rings. The lowest BCUT2D eigenvalue weighted by Crippen LogP contribution is -2.35. The van der Waals surface area contributed by atoms with Crippen LogP contribution in [0, 0.1) is 0 Å². The second kappa shape index (κ2) is 7.97. The van der Waals surface area contributed by atoms with E-state index in [4.69, 9.17) is 11.6 Å². The first-order valence-corrected chi connectivity index (χ1v) is 8.86. The van der Waals surface area contributed by atoms with Crippen LogP contribution in [0.2, 0.25) is 5.15 Å². The highest BCUT2D eigenvalue weighted by molar-refractivity contribution is 6.29. The molecule has 1 atom stereocenters. The van der Waals surface area contributed by atoms with Gasteiger partial charge in [-0.25, -0.2) is 4.98 Å². The summed E-state index contributed by atoms with van der Waals surface area (Å²) in [6.45, 7) is 4.93. The van der Waals surface area contributed by atoms with Crippen molar-refractivity contribution in [2.24, 2.45) is 0 Å². The number of nitrogens with one attached hydrogen (secondary N) is 1. The van der Waals surface area contributed by atoms with Crippen LogP contribution in [0.5, 0.6) is 0 Å². The summed E-state index contributed by atoms with van der Waals surface area (Å²) >= 11 is 6.00. The second-order valence-corrected chi connectivity index (χ2v) is 6.83. The van der Waals surface area contributed by atoms with Crippen molar-refractivity contribution in [2.45, 2.75) is 38.5 Å². The topological polar surface area (TPSA) is 48.4 Å². The molecule has 1 saturated heterocycles. The number of rotatable bonds is 5. The lowest BCUT2D eigenvalue weighted by molar-refractivity contribution is 0.0793. The van der Waals surface area contributed by atoms with Crippen molar-refractivity contribution in [1.29, 1.82) is 0 Å². The van der Waals surface area contributed by atoms with Crippen LogP contribution < -0.4 is 5.32 Å². The molecular formula is C19H24ClN3O. The number of anilines is 1. The van der Waals surface area contributed by atoms with Gasteiger partial charge >= 0.3 is 0 Å². The number of pyridine rings is 1. The molecule has 5 heteroatoms. The van der Waals surface area contributed by atoms with Crippen LogP contribution in [0.25, 0.3) is 0 Å². The van der Waals surface area contributed by atoms with Crippen LogP contribution in [0.15, 0.2) is 42.6 Å². The maximum absolute atomic E-state index is 9.66. The molecule has 0 aliphatic carbocycles. The number of hydrogen-bond acceptors (Lipinski definition) is 4. The van der Waals surface area contributed by atoms with Crippen LogP contribution >= 0.6 is 11.6 Å². The minimum absolute atomic E-state index is 0.133. The van der Waals surface area contributed by atoms with E-state index in [1.165, 1.54) is 5.56 Å². The van der Waals surface area contributed by atoms with Crippen LogP contribution in [-0.4, -0.2) is 34.2 Å². The zero-order valence-corrected chi connectivity index (χ0v) is 14.7. The summed E-state index contributed by atoms with van der Waals surface area (Å²) < 4.78 is 0. The molecular weight excluding hydrogens is 322 g/mol. The van der Waals surface area contributed by atoms with E-state index in [1.54, 1.807) is 6.20 Å². The summed E-state index contributed by atoms with van der Waals surface area (Å²) in [5, 5.41) is 13.8. The summed E-state index contributed by atoms with van der Waals surface area (Å²) in [6.07, 6.45) is 3.33. The number of piperidine rings is 1. The first-order valence-electron chi connectivity index (χ1n) is 8.48. The zero-order chi connectivity index (χ0) is 16.9. The Bertz CT molecular complexity index is 671. The van der Waals surface area contributed by atoms with E-state index < -0.39 is 0 Å². The predicted molar refractivity (Wildman–Crippen MR) is 98.2 cm³/mol. The van der Waals surface area contributed by atoms with Crippen molar-refractivity contribution in [3.63, 3.8) is 0 Å². The lowest BCUT2D eigenvalue weighted by Gasteiger charge is -2.30. The number of nitrogens with zero attached hydrogens (tertiary/aromatic N) is 2. The molecule has 1 aromatic heterocycles. The van der Waals surface area contributed by atoms with Crippen molar-refractivity contribution in [3.05, 3.63) is 58.9 Å². The van der Waals surface area contributed by atoms with Gasteiger partial charge in [-0.3, -0.25) is 4.90 Å². The molecule has 2 heterocycles. The molecule has 4 nitrogen and oxygen atoms in total. The molecule has 1 aromatic carbocycles. The fourth-order valence-electron chi connectivity index (χ4n) is 3.12. The number of para-hydroxylation sites is 1. The first kappa shape index (κ1) is 17.2. The Morgan fingerprint density at radius 1 is 1.29 bits per heavy atom. The van der Waals surface area contributed by atoms with Gasteiger partial charge in [0.1, 0.15) is 5.15 Å². The molecule has 128 valence electrons. The molecule has 0 amide bonds. The number of likely N-dealkylation sites (tertiary alicyclic amines) is 1. The highest BCUT2D eigenvalue weighted by Crippen LogP contribution is 2.25. The Balaban J connectivity index is 1.69. The monoisotopic (exact) mass is 345 g/mol. The van der Waals surface area contributed by atoms with E-state index in [9.17, 15) is 5.11 Å². The maximum Gasteiger partial charge on any atom is 0.129 e. The first-order chi connectivity index (χ1) is 11.6. The van der Waals surface area contributed by atoms with Crippen molar-refractivity contribution >= 4 is 17.3 Å². The quantitative estimate of drug-likeness (QED) is 0.808. The predicted octanol–water partition coefficient (Wildman–Crippen LogP) is 3.86. The Morgan fingerprint density at radius 2 is 2.04 bits per heavy atom. The van der Waals surface area contributed by atoms with E-state index in [0.717, 1.165) is 43.7 Å². The van der Waals surface area contributed by atoms with Crippen molar-refractivity contribution in [2.75, 3.05) is 18.4 Å². The second-order valence-electron chi connectivity index (χ2n) is 6.44. The van der Waals surface area contributed by atoms with Crippen LogP contribution in [0.1, 0.15) is 36.9 Å². The standard InChI is InChI=1S/C19H24ClN3O/c1-14(15-6-9-21-19(20)12-15)22-18-5-3-2-4-16(18)13-23-10-7-17(24)8-11-23/h2-6,9,12,14,17,22,24H,7-8,10-11,13H2,1H3. The molecule has 0 spiro atoms. The van der Waals surface area contributed by atoms with Gasteiger partial charge < -0.3 is 10.4 Å². The average Bonchev–Trinajstić information content (AvgIpc) is 2.58. The van der Waals surface area contributed by atoms with Crippen molar-refractivity contribution in [1.82, 2.24) is 9.88 Å². The maximum atomic E-state index is 9.66. The van der Waals surface area contributed by atoms with Crippen LogP contribution in [0.3, 0.4) is 0 Å². The largest absolute Gasteiger partial charge is 0.393 e. The third kappa shape index (κ3) is 4.47. The van der Waals surface area contributed by atoms with E-state index >= 15 is 0 Å². The Labute approximate surface area is 148 Å². The number of benzene rings is 1. The number of halogens is 1. The van der Waals surface area contributed by atoms with Gasteiger partial charge in [-0.05, 0) is 49.1 Å². The smallest absolute Gasteiger partial charge is 0.129 e. The van der Waals surface area contributed by atoms with Gasteiger partial charge in [0.25, 0.3) is 0 Å². The van der Waals surface area contributed by atoms with E-state index in [1.807, 2.05) is 12.1 Å². The highest BCUT2D eigenvalue weighted by Gasteiger charge is 2.18. The lowest BCUT2D eigenvalue weighted by atomic mass is 10.1. The van der Waals surface area contributed by atoms with Gasteiger partial charge in [0.15, 0.2) is 0 Å². The summed E-state index contributed by atoms with van der Waals surface area (Å²) in [6, 6.07) is 12.4. The van der Waals surface area contributed by atoms with Gasteiger partial charge in [0.2, 0.25) is 0 Å². The molecule has 1 aliphatic heterocycles. The molecule has 0 radical (unpaired) electrons. The molecule has 3 rings (SSSR count). The van der Waals surface area contributed by atoms with Crippen molar-refractivity contribution in [3.8, 4) is 0 Å². The van der Waals surface area contributed by atoms with E-state index in [-0.39, 0.29) is 12.1 Å².